The van der Waals surface area contributed by atoms with Crippen molar-refractivity contribution in [3.8, 4) is 5.69 Å². The Morgan fingerprint density at radius 2 is 1.82 bits per heavy atom. The van der Waals surface area contributed by atoms with Gasteiger partial charge in [-0.05, 0) is 54.7 Å². The number of nitrogens with zero attached hydrogens (tertiary/aromatic N) is 4. The summed E-state index contributed by atoms with van der Waals surface area (Å²) in [5.74, 6) is 1.23. The molecule has 0 bridgehead atoms. The molecule has 0 saturated heterocycles. The molecule has 0 aliphatic rings. The number of aromatic nitrogens is 4. The Morgan fingerprint density at radius 3 is 2.61 bits per heavy atom. The molecule has 3 aromatic rings. The van der Waals surface area contributed by atoms with Crippen LogP contribution in [0.3, 0.4) is 0 Å². The van der Waals surface area contributed by atoms with Crippen molar-refractivity contribution in [1.29, 1.82) is 0 Å². The number of hydrogen-bond donors (Lipinski definition) is 2. The smallest absolute Gasteiger partial charge is 0.252 e. The summed E-state index contributed by atoms with van der Waals surface area (Å²) in [5.41, 5.74) is 1.58. The van der Waals surface area contributed by atoms with Crippen molar-refractivity contribution in [3.05, 3.63) is 66.0 Å². The monoisotopic (exact) mass is 418 g/mol. The van der Waals surface area contributed by atoms with Crippen molar-refractivity contribution >= 4 is 30.1 Å². The molecular formula is C19H23ClN6OS. The molecule has 0 radical (unpaired) electrons. The second-order valence-corrected chi connectivity index (χ2v) is 6.86. The third-order valence-corrected chi connectivity index (χ3v) is 4.98. The fourth-order valence-corrected chi connectivity index (χ4v) is 3.51. The lowest BCUT2D eigenvalue weighted by atomic mass is 10.2. The Kier molecular flexibility index (Phi) is 8.93. The van der Waals surface area contributed by atoms with Crippen LogP contribution < -0.4 is 10.6 Å². The summed E-state index contributed by atoms with van der Waals surface area (Å²) in [6, 6.07) is 17.4. The molecule has 9 heteroatoms. The van der Waals surface area contributed by atoms with Gasteiger partial charge in [0.2, 0.25) is 0 Å². The molecule has 0 spiro atoms. The Hall–Kier alpha value is -2.42. The Morgan fingerprint density at radius 1 is 1.07 bits per heavy atom. The largest absolute Gasteiger partial charge is 0.352 e. The number of nitrogens with one attached hydrogen (secondary N) is 2. The van der Waals surface area contributed by atoms with Crippen molar-refractivity contribution < 1.29 is 4.79 Å². The van der Waals surface area contributed by atoms with Gasteiger partial charge in [-0.1, -0.05) is 30.3 Å². The summed E-state index contributed by atoms with van der Waals surface area (Å²) < 4.78 is 1.72. The van der Waals surface area contributed by atoms with Crippen molar-refractivity contribution in [3.63, 3.8) is 0 Å². The fraction of sp³-hybridized carbons (Fsp3) is 0.263. The molecule has 1 heterocycles. The van der Waals surface area contributed by atoms with Gasteiger partial charge in [-0.15, -0.1) is 29.3 Å². The minimum absolute atomic E-state index is 0. The molecule has 7 nitrogen and oxygen atoms in total. The number of rotatable bonds is 9. The van der Waals surface area contributed by atoms with E-state index >= 15 is 0 Å². The van der Waals surface area contributed by atoms with E-state index in [1.807, 2.05) is 61.6 Å². The van der Waals surface area contributed by atoms with Gasteiger partial charge in [0, 0.05) is 11.4 Å². The Balaban J connectivity index is 0.00000280. The van der Waals surface area contributed by atoms with E-state index in [0.717, 1.165) is 29.4 Å². The topological polar surface area (TPSA) is 84.7 Å². The fourth-order valence-electron chi connectivity index (χ4n) is 2.55. The van der Waals surface area contributed by atoms with Crippen LogP contribution in [0.2, 0.25) is 0 Å². The maximum atomic E-state index is 12.5. The second kappa shape index (κ2) is 11.4. The van der Waals surface area contributed by atoms with Gasteiger partial charge in [0.05, 0.1) is 17.0 Å². The maximum absolute atomic E-state index is 12.5. The third-order valence-electron chi connectivity index (χ3n) is 3.91. The minimum atomic E-state index is -0.0585. The van der Waals surface area contributed by atoms with Crippen molar-refractivity contribution in [1.82, 2.24) is 30.8 Å². The van der Waals surface area contributed by atoms with Gasteiger partial charge in [0.25, 0.3) is 5.91 Å². The van der Waals surface area contributed by atoms with E-state index in [9.17, 15) is 4.79 Å². The molecule has 1 amide bonds. The second-order valence-electron chi connectivity index (χ2n) is 5.84. The van der Waals surface area contributed by atoms with E-state index in [2.05, 4.69) is 26.2 Å². The molecule has 148 valence electrons. The van der Waals surface area contributed by atoms with Gasteiger partial charge in [0.15, 0.2) is 5.82 Å². The number of thioether (sulfide) groups is 1. The number of para-hydroxylation sites is 1. The molecule has 28 heavy (non-hydrogen) atoms. The molecule has 2 aromatic carbocycles. The quantitative estimate of drug-likeness (QED) is 0.410. The molecule has 0 aliphatic carbocycles. The van der Waals surface area contributed by atoms with Crippen molar-refractivity contribution in [2.45, 2.75) is 17.1 Å². The molecule has 3 rings (SSSR count). The van der Waals surface area contributed by atoms with Crippen LogP contribution in [0, 0.1) is 0 Å². The van der Waals surface area contributed by atoms with E-state index in [1.54, 1.807) is 16.4 Å². The number of tetrazole rings is 1. The molecule has 2 N–H and O–H groups in total. The van der Waals surface area contributed by atoms with Crippen LogP contribution in [0.1, 0.15) is 22.6 Å². The van der Waals surface area contributed by atoms with Crippen LogP contribution in [0.15, 0.2) is 59.5 Å². The summed E-state index contributed by atoms with van der Waals surface area (Å²) in [6.07, 6.45) is 0.892. The lowest BCUT2D eigenvalue weighted by molar-refractivity contribution is 0.0950. The first-order valence-electron chi connectivity index (χ1n) is 8.77. The summed E-state index contributed by atoms with van der Waals surface area (Å²) in [7, 11) is 1.90. The number of hydrogen-bond acceptors (Lipinski definition) is 6. The highest BCUT2D eigenvalue weighted by atomic mass is 35.5. The summed E-state index contributed by atoms with van der Waals surface area (Å²) in [6.45, 7) is 1.52. The molecule has 0 aliphatic heterocycles. The van der Waals surface area contributed by atoms with Crippen LogP contribution in [0.25, 0.3) is 5.69 Å². The first-order chi connectivity index (χ1) is 13.3. The first kappa shape index (κ1) is 21.9. The van der Waals surface area contributed by atoms with E-state index in [0.29, 0.717) is 17.9 Å². The normalized spacial score (nSPS) is 10.3. The Bertz CT molecular complexity index is 874. The number of amides is 1. The van der Waals surface area contributed by atoms with Crippen molar-refractivity contribution in [2.75, 3.05) is 20.1 Å². The average Bonchev–Trinajstić information content (AvgIpc) is 3.19. The highest BCUT2D eigenvalue weighted by Gasteiger charge is 2.13. The van der Waals surface area contributed by atoms with Crippen LogP contribution in [-0.2, 0) is 5.75 Å². The van der Waals surface area contributed by atoms with E-state index in [4.69, 9.17) is 0 Å². The molecule has 0 unspecified atom stereocenters. The average molecular weight is 419 g/mol. The first-order valence-corrected chi connectivity index (χ1v) is 9.75. The van der Waals surface area contributed by atoms with Gasteiger partial charge in [-0.3, -0.25) is 4.79 Å². The number of halogens is 1. The van der Waals surface area contributed by atoms with Crippen LogP contribution in [0.4, 0.5) is 0 Å². The zero-order valence-electron chi connectivity index (χ0n) is 15.5. The lowest BCUT2D eigenvalue weighted by Gasteiger charge is -2.10. The molecule has 0 atom stereocenters. The van der Waals surface area contributed by atoms with Crippen LogP contribution >= 0.6 is 24.2 Å². The number of benzene rings is 2. The Labute approximate surface area is 174 Å². The number of carbonyl (C=O) groups is 1. The van der Waals surface area contributed by atoms with E-state index in [-0.39, 0.29) is 18.3 Å². The predicted molar refractivity (Wildman–Crippen MR) is 113 cm³/mol. The zero-order chi connectivity index (χ0) is 18.9. The van der Waals surface area contributed by atoms with Gasteiger partial charge in [0.1, 0.15) is 0 Å². The van der Waals surface area contributed by atoms with Crippen molar-refractivity contribution in [2.24, 2.45) is 0 Å². The SMILES string of the molecule is CNCCCNC(=O)c1ccccc1SCc1nnnn1-c1ccccc1.Cl. The highest BCUT2D eigenvalue weighted by Crippen LogP contribution is 2.26. The summed E-state index contributed by atoms with van der Waals surface area (Å²) >= 11 is 1.55. The number of carbonyl (C=O) groups excluding carboxylic acids is 1. The van der Waals surface area contributed by atoms with E-state index < -0.39 is 0 Å². The molecule has 0 saturated carbocycles. The molecule has 1 aromatic heterocycles. The lowest BCUT2D eigenvalue weighted by Crippen LogP contribution is -2.27. The summed E-state index contributed by atoms with van der Waals surface area (Å²) in [4.78, 5) is 13.4. The highest BCUT2D eigenvalue weighted by molar-refractivity contribution is 7.98. The molecule has 0 fully saturated rings. The summed E-state index contributed by atoms with van der Waals surface area (Å²) in [5, 5.41) is 18.0. The standard InChI is InChI=1S/C19H22N6OS.ClH/c1-20-12-7-13-21-19(26)16-10-5-6-11-17(16)27-14-18-22-23-24-25(18)15-8-3-2-4-9-15;/h2-6,8-11,20H,7,12-14H2,1H3,(H,21,26);1H. The van der Waals surface area contributed by atoms with E-state index in [1.165, 1.54) is 0 Å². The van der Waals surface area contributed by atoms with Gasteiger partial charge >= 0.3 is 0 Å². The maximum Gasteiger partial charge on any atom is 0.252 e. The van der Waals surface area contributed by atoms with Gasteiger partial charge in [-0.2, -0.15) is 4.68 Å². The predicted octanol–water partition coefficient (Wildman–Crippen LogP) is 2.72. The van der Waals surface area contributed by atoms with Gasteiger partial charge in [-0.25, -0.2) is 0 Å². The van der Waals surface area contributed by atoms with Crippen LogP contribution in [-0.4, -0.2) is 46.3 Å². The van der Waals surface area contributed by atoms with Gasteiger partial charge < -0.3 is 10.6 Å². The third kappa shape index (κ3) is 5.79. The minimum Gasteiger partial charge on any atom is -0.352 e. The van der Waals surface area contributed by atoms with Crippen LogP contribution in [0.5, 0.6) is 0 Å². The zero-order valence-corrected chi connectivity index (χ0v) is 17.2. The molecular weight excluding hydrogens is 396 g/mol.